The molecule has 1 amide bonds. The van der Waals surface area contributed by atoms with Crippen LogP contribution in [0.1, 0.15) is 46.0 Å². The number of amides is 1. The third-order valence-electron chi connectivity index (χ3n) is 3.23. The fraction of sp³-hybridized carbons (Fsp3) is 0.917. The van der Waals surface area contributed by atoms with E-state index < -0.39 is 0 Å². The lowest BCUT2D eigenvalue weighted by Crippen LogP contribution is -2.34. The average Bonchev–Trinajstić information content (AvgIpc) is 2.18. The molecule has 1 aliphatic carbocycles. The molecule has 3 heteroatoms. The minimum atomic E-state index is 0.150. The van der Waals surface area contributed by atoms with Crippen LogP contribution in [0, 0.1) is 11.8 Å². The Morgan fingerprint density at radius 3 is 2.53 bits per heavy atom. The van der Waals surface area contributed by atoms with Crippen molar-refractivity contribution in [3.8, 4) is 0 Å². The van der Waals surface area contributed by atoms with Crippen LogP contribution in [0.2, 0.25) is 0 Å². The summed E-state index contributed by atoms with van der Waals surface area (Å²) in [6, 6.07) is 0. The highest BCUT2D eigenvalue weighted by Gasteiger charge is 2.23. The Labute approximate surface area is 97.8 Å². The Kier molecular flexibility index (Phi) is 5.44. The SMILES string of the molecule is CC(Cl)CCNC(=O)C1CCC(C)CC1. The molecule has 1 fully saturated rings. The molecule has 0 spiro atoms. The van der Waals surface area contributed by atoms with E-state index in [4.69, 9.17) is 11.6 Å². The Morgan fingerprint density at radius 2 is 2.00 bits per heavy atom. The molecule has 0 aliphatic heterocycles. The molecule has 0 aromatic heterocycles. The van der Waals surface area contributed by atoms with Crippen LogP contribution in [0.15, 0.2) is 0 Å². The number of alkyl halides is 1. The molecule has 0 heterocycles. The third kappa shape index (κ3) is 4.87. The van der Waals surface area contributed by atoms with E-state index in [2.05, 4.69) is 12.2 Å². The standard InChI is InChI=1S/C12H22ClNO/c1-9-3-5-11(6-4-9)12(15)14-8-7-10(2)13/h9-11H,3-8H2,1-2H3,(H,14,15). The van der Waals surface area contributed by atoms with E-state index in [0.717, 1.165) is 31.7 Å². The van der Waals surface area contributed by atoms with E-state index in [0.29, 0.717) is 0 Å². The molecular weight excluding hydrogens is 210 g/mol. The molecule has 0 saturated heterocycles. The van der Waals surface area contributed by atoms with Gasteiger partial charge in [0, 0.05) is 17.8 Å². The van der Waals surface area contributed by atoms with Crippen molar-refractivity contribution in [2.75, 3.05) is 6.54 Å². The van der Waals surface area contributed by atoms with Gasteiger partial charge in [0.15, 0.2) is 0 Å². The van der Waals surface area contributed by atoms with Crippen molar-refractivity contribution >= 4 is 17.5 Å². The number of hydrogen-bond acceptors (Lipinski definition) is 1. The normalized spacial score (nSPS) is 28.5. The largest absolute Gasteiger partial charge is 0.356 e. The molecule has 1 atom stereocenters. The summed E-state index contributed by atoms with van der Waals surface area (Å²) >= 11 is 5.81. The van der Waals surface area contributed by atoms with Crippen LogP contribution < -0.4 is 5.32 Å². The molecule has 0 radical (unpaired) electrons. The van der Waals surface area contributed by atoms with Gasteiger partial charge in [-0.05, 0) is 44.9 Å². The zero-order valence-corrected chi connectivity index (χ0v) is 10.5. The second-order valence-electron chi connectivity index (χ2n) is 4.82. The predicted octanol–water partition coefficient (Wildman–Crippen LogP) is 2.95. The van der Waals surface area contributed by atoms with Crippen LogP contribution in [0.3, 0.4) is 0 Å². The first-order valence-corrected chi connectivity index (χ1v) is 6.45. The zero-order valence-electron chi connectivity index (χ0n) is 9.76. The molecule has 88 valence electrons. The van der Waals surface area contributed by atoms with Gasteiger partial charge in [-0.15, -0.1) is 11.6 Å². The first-order valence-electron chi connectivity index (χ1n) is 6.01. The molecular formula is C12H22ClNO. The summed E-state index contributed by atoms with van der Waals surface area (Å²) in [7, 11) is 0. The van der Waals surface area contributed by atoms with Gasteiger partial charge in [-0.3, -0.25) is 4.79 Å². The summed E-state index contributed by atoms with van der Waals surface area (Å²) < 4.78 is 0. The molecule has 1 saturated carbocycles. The fourth-order valence-corrected chi connectivity index (χ4v) is 2.17. The maximum absolute atomic E-state index is 11.7. The third-order valence-corrected chi connectivity index (χ3v) is 3.45. The van der Waals surface area contributed by atoms with E-state index in [1.165, 1.54) is 12.8 Å². The molecule has 1 unspecified atom stereocenters. The fourth-order valence-electron chi connectivity index (χ4n) is 2.06. The highest BCUT2D eigenvalue weighted by molar-refractivity contribution is 6.20. The van der Waals surface area contributed by atoms with Gasteiger partial charge < -0.3 is 5.32 Å². The van der Waals surface area contributed by atoms with Gasteiger partial charge in [-0.2, -0.15) is 0 Å². The maximum Gasteiger partial charge on any atom is 0.223 e. The Hall–Kier alpha value is -0.240. The van der Waals surface area contributed by atoms with Crippen molar-refractivity contribution in [2.45, 2.75) is 51.3 Å². The van der Waals surface area contributed by atoms with E-state index in [-0.39, 0.29) is 17.2 Å². The monoisotopic (exact) mass is 231 g/mol. The number of halogens is 1. The lowest BCUT2D eigenvalue weighted by atomic mass is 9.82. The van der Waals surface area contributed by atoms with Crippen LogP contribution in [-0.4, -0.2) is 17.8 Å². The second kappa shape index (κ2) is 6.37. The van der Waals surface area contributed by atoms with Crippen molar-refractivity contribution in [3.63, 3.8) is 0 Å². The maximum atomic E-state index is 11.7. The van der Waals surface area contributed by atoms with Gasteiger partial charge in [0.05, 0.1) is 0 Å². The zero-order chi connectivity index (χ0) is 11.3. The van der Waals surface area contributed by atoms with Gasteiger partial charge in [0.25, 0.3) is 0 Å². The van der Waals surface area contributed by atoms with Crippen molar-refractivity contribution in [2.24, 2.45) is 11.8 Å². The summed E-state index contributed by atoms with van der Waals surface area (Å²) in [5, 5.41) is 3.12. The highest BCUT2D eigenvalue weighted by Crippen LogP contribution is 2.28. The van der Waals surface area contributed by atoms with Crippen LogP contribution >= 0.6 is 11.6 Å². The van der Waals surface area contributed by atoms with Crippen LogP contribution in [-0.2, 0) is 4.79 Å². The Bertz CT molecular complexity index is 198. The van der Waals surface area contributed by atoms with Gasteiger partial charge >= 0.3 is 0 Å². The van der Waals surface area contributed by atoms with E-state index >= 15 is 0 Å². The molecule has 1 aliphatic rings. The molecule has 0 aromatic rings. The predicted molar refractivity (Wildman–Crippen MR) is 64.1 cm³/mol. The van der Waals surface area contributed by atoms with Crippen molar-refractivity contribution in [1.82, 2.24) is 5.32 Å². The van der Waals surface area contributed by atoms with Crippen LogP contribution in [0.4, 0.5) is 0 Å². The molecule has 0 bridgehead atoms. The minimum Gasteiger partial charge on any atom is -0.356 e. The summed E-state index contributed by atoms with van der Waals surface area (Å²) in [5.74, 6) is 1.29. The number of rotatable bonds is 4. The second-order valence-corrected chi connectivity index (χ2v) is 5.56. The van der Waals surface area contributed by atoms with E-state index in [1.54, 1.807) is 0 Å². The summed E-state index contributed by atoms with van der Waals surface area (Å²) in [6.45, 7) is 4.94. The van der Waals surface area contributed by atoms with Crippen LogP contribution in [0.5, 0.6) is 0 Å². The molecule has 0 aromatic carbocycles. The van der Waals surface area contributed by atoms with Gasteiger partial charge in [0.1, 0.15) is 0 Å². The van der Waals surface area contributed by atoms with Crippen molar-refractivity contribution in [1.29, 1.82) is 0 Å². The van der Waals surface area contributed by atoms with E-state index in [1.807, 2.05) is 6.92 Å². The smallest absolute Gasteiger partial charge is 0.223 e. The molecule has 1 rings (SSSR count). The van der Waals surface area contributed by atoms with Crippen molar-refractivity contribution in [3.05, 3.63) is 0 Å². The summed E-state index contributed by atoms with van der Waals surface area (Å²) in [4.78, 5) is 11.7. The topological polar surface area (TPSA) is 29.1 Å². The van der Waals surface area contributed by atoms with Gasteiger partial charge in [-0.25, -0.2) is 0 Å². The van der Waals surface area contributed by atoms with Gasteiger partial charge in [0.2, 0.25) is 5.91 Å². The first-order chi connectivity index (χ1) is 7.09. The van der Waals surface area contributed by atoms with Crippen LogP contribution in [0.25, 0.3) is 0 Å². The summed E-state index contributed by atoms with van der Waals surface area (Å²) in [6.07, 6.45) is 5.37. The lowest BCUT2D eigenvalue weighted by Gasteiger charge is -2.25. The first kappa shape index (κ1) is 12.8. The number of carbonyl (C=O) groups excluding carboxylic acids is 1. The van der Waals surface area contributed by atoms with Crippen molar-refractivity contribution < 1.29 is 4.79 Å². The Morgan fingerprint density at radius 1 is 1.40 bits per heavy atom. The number of hydrogen-bond donors (Lipinski definition) is 1. The molecule has 2 nitrogen and oxygen atoms in total. The van der Waals surface area contributed by atoms with Gasteiger partial charge in [-0.1, -0.05) is 6.92 Å². The summed E-state index contributed by atoms with van der Waals surface area (Å²) in [5.41, 5.74) is 0. The Balaban J connectivity index is 2.17. The highest BCUT2D eigenvalue weighted by atomic mass is 35.5. The van der Waals surface area contributed by atoms with E-state index in [9.17, 15) is 4.79 Å². The molecule has 15 heavy (non-hydrogen) atoms. The number of carbonyl (C=O) groups is 1. The molecule has 1 N–H and O–H groups in total. The minimum absolute atomic E-state index is 0.150. The quantitative estimate of drug-likeness (QED) is 0.741. The lowest BCUT2D eigenvalue weighted by molar-refractivity contribution is -0.126. The average molecular weight is 232 g/mol. The number of nitrogens with one attached hydrogen (secondary N) is 1.